The molecule has 0 aliphatic heterocycles. The van der Waals surface area contributed by atoms with Gasteiger partial charge >= 0.3 is 0 Å². The van der Waals surface area contributed by atoms with E-state index in [4.69, 9.17) is 0 Å². The van der Waals surface area contributed by atoms with Crippen LogP contribution in [-0.2, 0) is 9.59 Å². The Labute approximate surface area is 161 Å². The molecule has 0 aromatic carbocycles. The molecule has 2 rings (SSSR count). The molecule has 0 amide bonds. The molecule has 26 heavy (non-hydrogen) atoms. The number of hydrogen-bond donors (Lipinski definition) is 0. The lowest BCUT2D eigenvalue weighted by atomic mass is 9.71. The van der Waals surface area contributed by atoms with E-state index in [0.29, 0.717) is 23.4 Å². The molecule has 0 heterocycles. The summed E-state index contributed by atoms with van der Waals surface area (Å²) >= 11 is 0. The molecule has 2 nitrogen and oxygen atoms in total. The zero-order valence-electron chi connectivity index (χ0n) is 17.8. The van der Waals surface area contributed by atoms with Crippen LogP contribution in [0.1, 0.15) is 111 Å². The molecule has 2 heteroatoms. The van der Waals surface area contributed by atoms with Gasteiger partial charge in [-0.05, 0) is 62.2 Å². The highest BCUT2D eigenvalue weighted by Crippen LogP contribution is 2.40. The number of carbonyl (C=O) groups excluding carboxylic acids is 2. The van der Waals surface area contributed by atoms with Crippen molar-refractivity contribution < 1.29 is 9.59 Å². The zero-order valence-corrected chi connectivity index (χ0v) is 17.8. The van der Waals surface area contributed by atoms with Gasteiger partial charge in [-0.25, -0.2) is 0 Å². The first kappa shape index (κ1) is 21.6. The van der Waals surface area contributed by atoms with Gasteiger partial charge in [0.2, 0.25) is 0 Å². The average molecular weight is 363 g/mol. The third-order valence-corrected chi connectivity index (χ3v) is 6.96. The molecule has 0 atom stereocenters. The molecule has 2 aliphatic rings. The molecule has 2 saturated carbocycles. The van der Waals surface area contributed by atoms with Crippen LogP contribution >= 0.6 is 0 Å². The fourth-order valence-electron chi connectivity index (χ4n) is 5.09. The van der Waals surface area contributed by atoms with Crippen LogP contribution in [0.25, 0.3) is 0 Å². The molecule has 2 aliphatic carbocycles. The number of Topliss-reactive ketones (excluding diaryl/α,β-unsaturated/α-hetero) is 2. The Hall–Kier alpha value is -0.660. The summed E-state index contributed by atoms with van der Waals surface area (Å²) in [6.07, 6.45) is 15.2. The van der Waals surface area contributed by atoms with Crippen LogP contribution in [0.5, 0.6) is 0 Å². The van der Waals surface area contributed by atoms with E-state index in [1.165, 1.54) is 57.8 Å². The van der Waals surface area contributed by atoms with Gasteiger partial charge in [-0.3, -0.25) is 9.59 Å². The van der Waals surface area contributed by atoms with Crippen molar-refractivity contribution >= 4 is 11.6 Å². The Morgan fingerprint density at radius 2 is 1.15 bits per heavy atom. The quantitative estimate of drug-likeness (QED) is 0.478. The van der Waals surface area contributed by atoms with E-state index < -0.39 is 0 Å². The topological polar surface area (TPSA) is 34.1 Å². The summed E-state index contributed by atoms with van der Waals surface area (Å²) in [5.41, 5.74) is -0.173. The Morgan fingerprint density at radius 3 is 1.58 bits per heavy atom. The third-order valence-electron chi connectivity index (χ3n) is 6.96. The molecule has 0 N–H and O–H groups in total. The Morgan fingerprint density at radius 1 is 0.731 bits per heavy atom. The van der Waals surface area contributed by atoms with Crippen molar-refractivity contribution in [3.8, 4) is 0 Å². The van der Waals surface area contributed by atoms with Gasteiger partial charge < -0.3 is 0 Å². The van der Waals surface area contributed by atoms with Crippen LogP contribution in [-0.4, -0.2) is 11.6 Å². The number of rotatable bonds is 8. The fraction of sp³-hybridized carbons (Fsp3) is 0.917. The normalized spacial score (nSPS) is 30.2. The van der Waals surface area contributed by atoms with E-state index in [2.05, 4.69) is 6.92 Å². The van der Waals surface area contributed by atoms with Crippen LogP contribution in [0.3, 0.4) is 0 Å². The Bertz CT molecular complexity index is 443. The van der Waals surface area contributed by atoms with Gasteiger partial charge in [-0.1, -0.05) is 53.4 Å². The van der Waals surface area contributed by atoms with Gasteiger partial charge in [-0.2, -0.15) is 0 Å². The first-order valence-electron chi connectivity index (χ1n) is 11.3. The number of carbonyl (C=O) groups is 2. The minimum absolute atomic E-state index is 0.173. The average Bonchev–Trinajstić information content (AvgIpc) is 2.58. The third kappa shape index (κ3) is 7.16. The minimum Gasteiger partial charge on any atom is -0.300 e. The summed E-state index contributed by atoms with van der Waals surface area (Å²) in [4.78, 5) is 24.1. The van der Waals surface area contributed by atoms with Crippen molar-refractivity contribution in [1.29, 1.82) is 0 Å². The zero-order chi connectivity index (χ0) is 19.2. The van der Waals surface area contributed by atoms with Gasteiger partial charge in [-0.15, -0.1) is 0 Å². The molecule has 0 unspecified atom stereocenters. The molecular formula is C24H42O2. The Kier molecular flexibility index (Phi) is 8.36. The standard InChI is InChI=1S/C24H42O2/c1-5-6-22(25)16-20-11-7-18(8-12-20)15-19-9-13-21(14-10-19)17-23(26)24(2,3)4/h18-21H,5-17H2,1-4H3. The largest absolute Gasteiger partial charge is 0.300 e. The van der Waals surface area contributed by atoms with Gasteiger partial charge in [0.25, 0.3) is 0 Å². The van der Waals surface area contributed by atoms with Crippen molar-refractivity contribution in [1.82, 2.24) is 0 Å². The maximum Gasteiger partial charge on any atom is 0.138 e. The van der Waals surface area contributed by atoms with Crippen molar-refractivity contribution in [3.05, 3.63) is 0 Å². The monoisotopic (exact) mass is 362 g/mol. The van der Waals surface area contributed by atoms with Crippen molar-refractivity contribution in [2.24, 2.45) is 29.1 Å². The molecule has 0 spiro atoms. The van der Waals surface area contributed by atoms with Crippen LogP contribution in [0.2, 0.25) is 0 Å². The lowest BCUT2D eigenvalue weighted by Crippen LogP contribution is -2.26. The fourth-order valence-corrected chi connectivity index (χ4v) is 5.09. The first-order valence-corrected chi connectivity index (χ1v) is 11.3. The van der Waals surface area contributed by atoms with Crippen molar-refractivity contribution in [3.63, 3.8) is 0 Å². The number of ketones is 2. The number of hydrogen-bond acceptors (Lipinski definition) is 2. The highest BCUT2D eigenvalue weighted by Gasteiger charge is 2.30. The van der Waals surface area contributed by atoms with Gasteiger partial charge in [0.15, 0.2) is 0 Å². The van der Waals surface area contributed by atoms with Gasteiger partial charge in [0.1, 0.15) is 11.6 Å². The summed E-state index contributed by atoms with van der Waals surface area (Å²) < 4.78 is 0. The van der Waals surface area contributed by atoms with Crippen LogP contribution in [0, 0.1) is 29.1 Å². The van der Waals surface area contributed by atoms with E-state index in [0.717, 1.165) is 37.5 Å². The van der Waals surface area contributed by atoms with E-state index in [1.54, 1.807) is 0 Å². The predicted octanol–water partition coefficient (Wildman–Crippen LogP) is 6.75. The van der Waals surface area contributed by atoms with Gasteiger partial charge in [0, 0.05) is 24.7 Å². The molecular weight excluding hydrogens is 320 g/mol. The van der Waals surface area contributed by atoms with Crippen LogP contribution in [0.4, 0.5) is 0 Å². The molecule has 0 radical (unpaired) electrons. The smallest absolute Gasteiger partial charge is 0.138 e. The lowest BCUT2D eigenvalue weighted by molar-refractivity contribution is -0.127. The van der Waals surface area contributed by atoms with Crippen molar-refractivity contribution in [2.45, 2.75) is 111 Å². The Balaban J connectivity index is 1.63. The second-order valence-corrected chi connectivity index (χ2v) is 10.4. The minimum atomic E-state index is -0.173. The molecule has 150 valence electrons. The second kappa shape index (κ2) is 10.0. The highest BCUT2D eigenvalue weighted by atomic mass is 16.1. The lowest BCUT2D eigenvalue weighted by Gasteiger charge is -2.34. The molecule has 0 aromatic heterocycles. The van der Waals surface area contributed by atoms with E-state index in [9.17, 15) is 9.59 Å². The maximum atomic E-state index is 12.3. The predicted molar refractivity (Wildman–Crippen MR) is 109 cm³/mol. The van der Waals surface area contributed by atoms with Gasteiger partial charge in [0.05, 0.1) is 0 Å². The van der Waals surface area contributed by atoms with E-state index in [1.807, 2.05) is 20.8 Å². The summed E-state index contributed by atoms with van der Waals surface area (Å²) in [5, 5.41) is 0. The molecule has 0 aromatic rings. The molecule has 0 bridgehead atoms. The summed E-state index contributed by atoms with van der Waals surface area (Å²) in [6, 6.07) is 0. The van der Waals surface area contributed by atoms with E-state index >= 15 is 0 Å². The van der Waals surface area contributed by atoms with Crippen molar-refractivity contribution in [2.75, 3.05) is 0 Å². The van der Waals surface area contributed by atoms with Crippen LogP contribution in [0.15, 0.2) is 0 Å². The SMILES string of the molecule is CCCC(=O)CC1CCC(CC2CCC(CC(=O)C(C)(C)C)CC2)CC1. The first-order chi connectivity index (χ1) is 12.3. The second-order valence-electron chi connectivity index (χ2n) is 10.4. The molecule has 0 saturated heterocycles. The summed E-state index contributed by atoms with van der Waals surface area (Å²) in [6.45, 7) is 8.25. The van der Waals surface area contributed by atoms with Crippen LogP contribution < -0.4 is 0 Å². The molecule has 2 fully saturated rings. The highest BCUT2D eigenvalue weighted by molar-refractivity contribution is 5.83. The van der Waals surface area contributed by atoms with E-state index in [-0.39, 0.29) is 5.41 Å². The summed E-state index contributed by atoms with van der Waals surface area (Å²) in [7, 11) is 0. The maximum absolute atomic E-state index is 12.3. The summed E-state index contributed by atoms with van der Waals surface area (Å²) in [5.74, 6) is 4.02.